The molecule has 11 aromatic heterocycles. The highest BCUT2D eigenvalue weighted by molar-refractivity contribution is 7.94. The summed E-state index contributed by atoms with van der Waals surface area (Å²) in [4.78, 5) is 84.6. The molecular weight excluding hydrogens is 2020 g/mol. The molecule has 1 aliphatic carbocycles. The van der Waals surface area contributed by atoms with Crippen LogP contribution >= 0.6 is 0 Å². The number of aryl methyl sites for hydroxylation is 4. The first-order valence-electron chi connectivity index (χ1n) is 49.5. The fourth-order valence-electron chi connectivity index (χ4n) is 17.2. The molecule has 9 atom stereocenters. The molecule has 8 saturated heterocycles. The Morgan fingerprint density at radius 1 is 0.360 bits per heavy atom. The van der Waals surface area contributed by atoms with Crippen LogP contribution in [0.2, 0.25) is 0 Å². The third-order valence-corrected chi connectivity index (χ3v) is 34.0. The number of hydrogen-bond donors (Lipinski definition) is 0. The van der Waals surface area contributed by atoms with Gasteiger partial charge in [0, 0.05) is 216 Å². The van der Waals surface area contributed by atoms with Crippen LogP contribution in [0.5, 0.6) is 23.5 Å². The van der Waals surface area contributed by atoms with E-state index in [1.807, 2.05) is 77.1 Å². The molecule has 2 unspecified atom stereocenters. The quantitative estimate of drug-likeness (QED) is 0.0542. The molecule has 802 valence electrons. The smallest absolute Gasteiger partial charge is 0.214 e. The predicted molar refractivity (Wildman–Crippen MR) is 580 cm³/mol. The van der Waals surface area contributed by atoms with E-state index < -0.39 is 48.6 Å². The molecule has 19 heterocycles. The fourth-order valence-corrected chi connectivity index (χ4v) is 22.8. The lowest BCUT2D eigenvalue weighted by molar-refractivity contribution is 0.0430. The third-order valence-electron chi connectivity index (χ3n) is 25.5. The molecule has 9 aliphatic rings. The molecule has 0 bridgehead atoms. The van der Waals surface area contributed by atoms with Crippen LogP contribution in [-0.4, -0.2) is 351 Å². The Morgan fingerprint density at radius 3 is 0.973 bits per heavy atom. The highest BCUT2D eigenvalue weighted by atomic mass is 32.2. The van der Waals surface area contributed by atoms with Gasteiger partial charge in [0.1, 0.15) is 29.1 Å². The summed E-state index contributed by atoms with van der Waals surface area (Å²) in [6.07, 6.45) is 19.7. The number of fused-ring (bicyclic) bond motifs is 1. The minimum Gasteiger partial charge on any atom is -0.481 e. The molecule has 48 heteroatoms. The van der Waals surface area contributed by atoms with E-state index in [9.17, 15) is 21.0 Å². The van der Waals surface area contributed by atoms with Crippen LogP contribution in [0.15, 0.2) is 148 Å². The van der Waals surface area contributed by atoms with E-state index in [0.717, 1.165) is 110 Å². The molecular formula is C102H132N26O17S5. The number of allylic oxidation sites excluding steroid dienone is 1. The predicted octanol–water partition coefficient (Wildman–Crippen LogP) is 13.0. The zero-order chi connectivity index (χ0) is 106. The van der Waals surface area contributed by atoms with Gasteiger partial charge in [0.15, 0.2) is 58.2 Å². The monoisotopic (exact) mass is 2150 g/mol. The molecule has 0 amide bonds. The van der Waals surface area contributed by atoms with Gasteiger partial charge in [0.05, 0.1) is 229 Å². The largest absolute Gasteiger partial charge is 0.481 e. The maximum Gasteiger partial charge on any atom is 0.214 e. The maximum atomic E-state index is 13.4. The Morgan fingerprint density at radius 2 is 0.673 bits per heavy atom. The van der Waals surface area contributed by atoms with Crippen molar-refractivity contribution in [2.45, 2.75) is 127 Å². The normalized spacial score (nSPS) is 20.4. The van der Waals surface area contributed by atoms with Crippen LogP contribution in [0.4, 0.5) is 58.2 Å². The van der Waals surface area contributed by atoms with Gasteiger partial charge in [-0.2, -0.15) is 21.8 Å². The Bertz CT molecular complexity index is 7010. The SMILES string of the molecule is CCOc1cc(-c2nc(N=S(C)(C)=O)cc(N3CCOC[C@H]3C)n2)cc(C)n1.COc1cc(-c2nc(N=S(C)(=O)C3COC3)cc(N3CCOC[C@H]3C)n2)cc(C)n1.COc1cc(-c2nc(N=[S@@](C)(=O)C3COC3)cc(N3CCOC[C@H]3C)n2)cc(C)n1.COc1cc(-c2nc(N=[S@](C)(=O)C3COC3)cc(N3CCOC[C@H]3C)n2)cc(C)n1.C[C@@H]1COCCN1c1cc(N=S(C)(=O)c2cccnc2)nc(-c2ccnc3c2C=CC3)n1. The third kappa shape index (κ3) is 28.3. The van der Waals surface area contributed by atoms with Crippen molar-refractivity contribution < 1.29 is 77.9 Å². The van der Waals surface area contributed by atoms with Crippen molar-refractivity contribution in [3.8, 4) is 80.5 Å². The molecule has 8 aliphatic heterocycles. The first-order valence-corrected chi connectivity index (χ1v) is 59.7. The van der Waals surface area contributed by atoms with Gasteiger partial charge in [-0.1, -0.05) is 12.2 Å². The number of aromatic nitrogens is 16. The second-order valence-electron chi connectivity index (χ2n) is 38.0. The summed E-state index contributed by atoms with van der Waals surface area (Å²) in [7, 11) is -7.80. The zero-order valence-corrected chi connectivity index (χ0v) is 92.2. The lowest BCUT2D eigenvalue weighted by atomic mass is 10.1. The summed E-state index contributed by atoms with van der Waals surface area (Å²) >= 11 is 0. The highest BCUT2D eigenvalue weighted by Gasteiger charge is 2.35. The van der Waals surface area contributed by atoms with Gasteiger partial charge in [-0.15, -0.1) is 0 Å². The lowest BCUT2D eigenvalue weighted by Crippen LogP contribution is -2.44. The molecule has 11 aromatic rings. The van der Waals surface area contributed by atoms with Gasteiger partial charge in [-0.3, -0.25) is 9.97 Å². The molecule has 0 radical (unpaired) electrons. The number of hydrogen-bond acceptors (Lipinski definition) is 43. The van der Waals surface area contributed by atoms with E-state index in [2.05, 4.69) is 143 Å². The van der Waals surface area contributed by atoms with E-state index in [-0.39, 0.29) is 46.0 Å². The molecule has 0 N–H and O–H groups in total. The number of ether oxygens (including phenoxy) is 12. The minimum absolute atomic E-state index is 0.0788. The van der Waals surface area contributed by atoms with Crippen LogP contribution in [0.3, 0.4) is 0 Å². The molecule has 43 nitrogen and oxygen atoms in total. The zero-order valence-electron chi connectivity index (χ0n) is 88.1. The van der Waals surface area contributed by atoms with Gasteiger partial charge < -0.3 is 81.3 Å². The second kappa shape index (κ2) is 49.0. The number of rotatable bonds is 24. The summed E-state index contributed by atoms with van der Waals surface area (Å²) in [5.74, 6) is 10.2. The van der Waals surface area contributed by atoms with E-state index in [0.29, 0.717) is 219 Å². The molecule has 20 rings (SSSR count). The summed E-state index contributed by atoms with van der Waals surface area (Å²) in [6.45, 7) is 33.1. The van der Waals surface area contributed by atoms with E-state index in [1.165, 1.54) is 0 Å². The highest BCUT2D eigenvalue weighted by Crippen LogP contribution is 2.39. The summed E-state index contributed by atoms with van der Waals surface area (Å²) in [5, 5.41) is -0.236. The van der Waals surface area contributed by atoms with E-state index in [4.69, 9.17) is 86.7 Å². The van der Waals surface area contributed by atoms with Crippen molar-refractivity contribution in [1.82, 2.24) is 79.7 Å². The number of anilines is 5. The van der Waals surface area contributed by atoms with E-state index in [1.54, 1.807) is 132 Å². The number of methoxy groups -OCH3 is 3. The Balaban J connectivity index is 0.000000134. The van der Waals surface area contributed by atoms with Crippen molar-refractivity contribution in [2.24, 2.45) is 21.8 Å². The maximum absolute atomic E-state index is 13.4. The first-order chi connectivity index (χ1) is 71.8. The average Bonchev–Trinajstić information content (AvgIpc) is 1.25. The Kier molecular flexibility index (Phi) is 36.0. The van der Waals surface area contributed by atoms with Crippen LogP contribution in [-0.2, 0) is 93.0 Å². The van der Waals surface area contributed by atoms with Gasteiger partial charge >= 0.3 is 0 Å². The first kappa shape index (κ1) is 110. The second-order valence-corrected chi connectivity index (χ2v) is 50.5. The molecule has 0 saturated carbocycles. The van der Waals surface area contributed by atoms with E-state index >= 15 is 0 Å². The van der Waals surface area contributed by atoms with Crippen molar-refractivity contribution in [2.75, 3.05) is 228 Å². The van der Waals surface area contributed by atoms with Gasteiger partial charge in [-0.05, 0) is 112 Å². The fraction of sp³-hybridized carbons (Fsp3) is 0.490. The molecule has 0 aromatic carbocycles. The van der Waals surface area contributed by atoms with Crippen LogP contribution in [0, 0.1) is 27.7 Å². The van der Waals surface area contributed by atoms with Crippen LogP contribution in [0.25, 0.3) is 63.0 Å². The van der Waals surface area contributed by atoms with Crippen LogP contribution < -0.4 is 43.4 Å². The van der Waals surface area contributed by atoms with Crippen molar-refractivity contribution in [3.63, 3.8) is 0 Å². The topological polar surface area (TPSA) is 480 Å². The molecule has 150 heavy (non-hydrogen) atoms. The number of nitrogens with zero attached hydrogens (tertiary/aromatic N) is 26. The van der Waals surface area contributed by atoms with Gasteiger partial charge in [-0.25, -0.2) is 90.8 Å². The minimum atomic E-state index is -2.73. The summed E-state index contributed by atoms with van der Waals surface area (Å²) in [5.41, 5.74) is 9.21. The van der Waals surface area contributed by atoms with Crippen LogP contribution in [0.1, 0.15) is 75.6 Å². The van der Waals surface area contributed by atoms with Crippen molar-refractivity contribution in [1.29, 1.82) is 0 Å². The van der Waals surface area contributed by atoms with Crippen molar-refractivity contribution in [3.05, 3.63) is 156 Å². The number of pyridine rings is 6. The van der Waals surface area contributed by atoms with Crippen molar-refractivity contribution >= 4 is 113 Å². The molecule has 0 spiro atoms. The van der Waals surface area contributed by atoms with Gasteiger partial charge in [0.25, 0.3) is 0 Å². The Labute approximate surface area is 877 Å². The summed E-state index contributed by atoms with van der Waals surface area (Å²) in [6, 6.07) is 30.1. The lowest BCUT2D eigenvalue weighted by Gasteiger charge is -2.34. The number of morpholine rings is 5. The summed E-state index contributed by atoms with van der Waals surface area (Å²) < 4.78 is 152. The Hall–Kier alpha value is -12.3. The average molecular weight is 2150 g/mol. The standard InChI is InChI=1S/C23H24N6O2S.3C20H27N5O4S.C19H27N5O3S/c1-16-15-31-12-11-29(16)22-13-21(28-32(2,30)17-5-4-9-24-14-17)26-23(27-22)19-8-10-25-20-7-3-6-18(19)20;3*1-13-7-15(8-19(21-13)27-3)20-22-17(24-30(4,26)16-11-29-12-16)9-18(23-20)25-5-6-28-10-14(25)2;1-6-27-18-10-15(9-13(2)20-18)19-21-16(23-28(4,5)25)11-17(22-19)24-7-8-26-12-14(24)3/h3-6,8-10,13-14,16H,7,11-12,15H2,1-2H3;3*7-9,14,16H,5-6,10-12H2,1-4H3;9-11,14H,6-8,12H2,1-5H3/t16-,32?;14-,30?;14-,30+;14-,30-;14-/m11111/s1. The van der Waals surface area contributed by atoms with Gasteiger partial charge in [0.2, 0.25) is 23.5 Å². The molecule has 8 fully saturated rings.